The van der Waals surface area contributed by atoms with Crippen molar-refractivity contribution in [3.8, 4) is 6.07 Å². The van der Waals surface area contributed by atoms with Crippen molar-refractivity contribution in [2.45, 2.75) is 43.4 Å². The van der Waals surface area contributed by atoms with Gasteiger partial charge in [0.05, 0.1) is 11.2 Å². The molecule has 5 rings (SSSR count). The molecule has 154 valence electrons. The zero-order valence-corrected chi connectivity index (χ0v) is 16.6. The van der Waals surface area contributed by atoms with E-state index in [2.05, 4.69) is 16.0 Å². The molecule has 2 aromatic rings. The second-order valence-electron chi connectivity index (χ2n) is 8.37. The van der Waals surface area contributed by atoms with E-state index in [1.807, 2.05) is 11.0 Å². The van der Waals surface area contributed by atoms with Crippen molar-refractivity contribution < 1.29 is 13.9 Å². The van der Waals surface area contributed by atoms with E-state index in [1.54, 1.807) is 30.5 Å². The number of benzene rings is 1. The number of pyridine rings is 1. The van der Waals surface area contributed by atoms with Gasteiger partial charge in [-0.1, -0.05) is 18.2 Å². The van der Waals surface area contributed by atoms with E-state index in [0.29, 0.717) is 24.2 Å². The lowest BCUT2D eigenvalue weighted by Crippen LogP contribution is -2.56. The number of carbonyl (C=O) groups is 1. The molecule has 2 bridgehead atoms. The summed E-state index contributed by atoms with van der Waals surface area (Å²) in [5.74, 6) is 0.548. The predicted molar refractivity (Wildman–Crippen MR) is 108 cm³/mol. The smallest absolute Gasteiger partial charge is 0.248 e. The van der Waals surface area contributed by atoms with Gasteiger partial charge >= 0.3 is 0 Å². The van der Waals surface area contributed by atoms with E-state index in [0.717, 1.165) is 31.5 Å². The molecule has 2 unspecified atom stereocenters. The van der Waals surface area contributed by atoms with Gasteiger partial charge in [-0.3, -0.25) is 4.79 Å². The molecule has 1 saturated carbocycles. The Morgan fingerprint density at radius 3 is 2.53 bits per heavy atom. The molecule has 1 amide bonds. The van der Waals surface area contributed by atoms with E-state index >= 15 is 0 Å². The van der Waals surface area contributed by atoms with E-state index in [4.69, 9.17) is 10.00 Å². The lowest BCUT2D eigenvalue weighted by Gasteiger charge is -2.41. The first-order valence-corrected chi connectivity index (χ1v) is 10.4. The van der Waals surface area contributed by atoms with Gasteiger partial charge in [0, 0.05) is 36.9 Å². The molecular formula is C23H23FN4O2. The molecule has 2 aliphatic heterocycles. The molecule has 6 nitrogen and oxygen atoms in total. The fourth-order valence-corrected chi connectivity index (χ4v) is 4.81. The molecule has 0 radical (unpaired) electrons. The fourth-order valence-electron chi connectivity index (χ4n) is 4.81. The van der Waals surface area contributed by atoms with E-state index in [-0.39, 0.29) is 30.4 Å². The predicted octanol–water partition coefficient (Wildman–Crippen LogP) is 2.98. The quantitative estimate of drug-likeness (QED) is 0.764. The second kappa shape index (κ2) is 7.37. The van der Waals surface area contributed by atoms with Gasteiger partial charge in [-0.2, -0.15) is 5.26 Å². The number of likely N-dealkylation sites (tertiary alicyclic amines) is 1. The molecule has 0 N–H and O–H groups in total. The number of anilines is 1. The third-order valence-electron chi connectivity index (χ3n) is 6.52. The second-order valence-corrected chi connectivity index (χ2v) is 8.37. The van der Waals surface area contributed by atoms with Gasteiger partial charge in [-0.05, 0) is 43.9 Å². The van der Waals surface area contributed by atoms with Gasteiger partial charge in [0.15, 0.2) is 0 Å². The highest BCUT2D eigenvalue weighted by atomic mass is 19.1. The minimum atomic E-state index is -0.645. The van der Waals surface area contributed by atoms with E-state index in [9.17, 15) is 9.18 Å². The van der Waals surface area contributed by atoms with Crippen molar-refractivity contribution in [3.63, 3.8) is 0 Å². The Labute approximate surface area is 174 Å². The zero-order chi connectivity index (χ0) is 20.7. The molecular weight excluding hydrogens is 383 g/mol. The highest BCUT2D eigenvalue weighted by Crippen LogP contribution is 2.50. The van der Waals surface area contributed by atoms with Crippen LogP contribution in [0.4, 0.5) is 10.2 Å². The van der Waals surface area contributed by atoms with Crippen LogP contribution in [-0.4, -0.2) is 47.6 Å². The number of halogens is 1. The van der Waals surface area contributed by atoms with Gasteiger partial charge in [-0.15, -0.1) is 0 Å². The van der Waals surface area contributed by atoms with Crippen molar-refractivity contribution >= 4 is 11.7 Å². The van der Waals surface area contributed by atoms with Gasteiger partial charge in [-0.25, -0.2) is 9.37 Å². The number of piperazine rings is 1. The molecule has 30 heavy (non-hydrogen) atoms. The minimum absolute atomic E-state index is 0.0249. The monoisotopic (exact) mass is 406 g/mol. The summed E-state index contributed by atoms with van der Waals surface area (Å²) in [4.78, 5) is 21.5. The van der Waals surface area contributed by atoms with Crippen LogP contribution in [0.25, 0.3) is 0 Å². The summed E-state index contributed by atoms with van der Waals surface area (Å²) < 4.78 is 20.1. The first-order chi connectivity index (χ1) is 14.6. The molecule has 3 aliphatic rings. The molecule has 1 aromatic carbocycles. The van der Waals surface area contributed by atoms with Crippen LogP contribution in [0.3, 0.4) is 0 Å². The number of aromatic nitrogens is 1. The van der Waals surface area contributed by atoms with Crippen LogP contribution < -0.4 is 4.90 Å². The Balaban J connectivity index is 1.23. The number of ether oxygens (including phenoxy) is 1. The third-order valence-corrected chi connectivity index (χ3v) is 6.52. The van der Waals surface area contributed by atoms with Crippen molar-refractivity contribution in [3.05, 3.63) is 59.5 Å². The van der Waals surface area contributed by atoms with Crippen LogP contribution in [0.1, 0.15) is 36.8 Å². The van der Waals surface area contributed by atoms with Crippen LogP contribution in [0, 0.1) is 17.1 Å². The van der Waals surface area contributed by atoms with Gasteiger partial charge in [0.1, 0.15) is 24.3 Å². The topological polar surface area (TPSA) is 69.5 Å². The van der Waals surface area contributed by atoms with Crippen LogP contribution >= 0.6 is 0 Å². The SMILES string of the molecule is N#Cc1ccc(N2C3CCC2CN(C(=O)COC2(c4ccccc4F)CC2)C3)nc1. The van der Waals surface area contributed by atoms with Gasteiger partial charge in [0.2, 0.25) is 5.91 Å². The number of amides is 1. The molecule has 1 aromatic heterocycles. The number of hydrogen-bond acceptors (Lipinski definition) is 5. The first-order valence-electron chi connectivity index (χ1n) is 10.4. The molecule has 2 saturated heterocycles. The summed E-state index contributed by atoms with van der Waals surface area (Å²) in [6.45, 7) is 1.24. The summed E-state index contributed by atoms with van der Waals surface area (Å²) >= 11 is 0. The number of fused-ring (bicyclic) bond motifs is 2. The minimum Gasteiger partial charge on any atom is -0.360 e. The Kier molecular flexibility index (Phi) is 4.67. The Bertz CT molecular complexity index is 985. The van der Waals surface area contributed by atoms with E-state index in [1.165, 1.54) is 6.07 Å². The average Bonchev–Trinajstić information content (AvgIpc) is 3.51. The number of carbonyl (C=O) groups excluding carboxylic acids is 1. The van der Waals surface area contributed by atoms with Gasteiger partial charge in [0.25, 0.3) is 0 Å². The molecule has 7 heteroatoms. The zero-order valence-electron chi connectivity index (χ0n) is 16.6. The fraction of sp³-hybridized carbons (Fsp3) is 0.435. The maximum atomic E-state index is 14.2. The van der Waals surface area contributed by atoms with Gasteiger partial charge < -0.3 is 14.5 Å². The van der Waals surface area contributed by atoms with Crippen LogP contribution in [0.2, 0.25) is 0 Å². The Hall–Kier alpha value is -2.98. The number of rotatable bonds is 5. The van der Waals surface area contributed by atoms with Crippen molar-refractivity contribution in [1.29, 1.82) is 5.26 Å². The largest absolute Gasteiger partial charge is 0.360 e. The van der Waals surface area contributed by atoms with E-state index < -0.39 is 5.60 Å². The average molecular weight is 406 g/mol. The molecule has 3 fully saturated rings. The van der Waals surface area contributed by atoms with Crippen molar-refractivity contribution in [2.24, 2.45) is 0 Å². The summed E-state index contributed by atoms with van der Waals surface area (Å²) in [5.41, 5.74) is 0.448. The van der Waals surface area contributed by atoms with Crippen LogP contribution in [0.5, 0.6) is 0 Å². The van der Waals surface area contributed by atoms with Crippen molar-refractivity contribution in [2.75, 3.05) is 24.6 Å². The number of hydrogen-bond donors (Lipinski definition) is 0. The number of nitrogens with zero attached hydrogens (tertiary/aromatic N) is 4. The molecule has 3 heterocycles. The Morgan fingerprint density at radius 2 is 1.93 bits per heavy atom. The maximum absolute atomic E-state index is 14.2. The normalized spacial score (nSPS) is 23.9. The van der Waals surface area contributed by atoms with Crippen LogP contribution in [0.15, 0.2) is 42.6 Å². The standard InChI is InChI=1S/C23H23FN4O2/c24-20-4-2-1-3-19(20)23(9-10-23)30-15-22(29)27-13-17-6-7-18(14-27)28(17)21-8-5-16(11-25)12-26-21/h1-5,8,12,17-18H,6-7,9-10,13-15H2. The van der Waals surface area contributed by atoms with Crippen molar-refractivity contribution in [1.82, 2.24) is 9.88 Å². The summed E-state index contributed by atoms with van der Waals surface area (Å²) in [6.07, 6.45) is 5.10. The maximum Gasteiger partial charge on any atom is 0.248 e. The first kappa shape index (κ1) is 19.0. The summed E-state index contributed by atoms with van der Waals surface area (Å²) in [5, 5.41) is 8.97. The third kappa shape index (κ3) is 3.31. The molecule has 0 spiro atoms. The lowest BCUT2D eigenvalue weighted by atomic mass is 10.1. The van der Waals surface area contributed by atoms with Crippen LogP contribution in [-0.2, 0) is 15.1 Å². The molecule has 1 aliphatic carbocycles. The highest BCUT2D eigenvalue weighted by Gasteiger charge is 2.48. The summed E-state index contributed by atoms with van der Waals surface area (Å²) in [6, 6.07) is 12.8. The Morgan fingerprint density at radius 1 is 1.20 bits per heavy atom. The summed E-state index contributed by atoms with van der Waals surface area (Å²) in [7, 11) is 0. The highest BCUT2D eigenvalue weighted by molar-refractivity contribution is 5.78. The number of nitriles is 1. The lowest BCUT2D eigenvalue weighted by molar-refractivity contribution is -0.140. The molecule has 2 atom stereocenters.